The van der Waals surface area contributed by atoms with Crippen LogP contribution in [0.5, 0.6) is 0 Å². The Balaban J connectivity index is 2.71. The Morgan fingerprint density at radius 1 is 1.35 bits per heavy atom. The number of ether oxygens (including phenoxy) is 1. The zero-order valence-corrected chi connectivity index (χ0v) is 10.6. The first-order valence-corrected chi connectivity index (χ1v) is 5.86. The van der Waals surface area contributed by atoms with E-state index in [1.807, 2.05) is 18.7 Å². The van der Waals surface area contributed by atoms with Crippen molar-refractivity contribution in [1.29, 1.82) is 0 Å². The number of nitrogens with zero attached hydrogens (tertiary/aromatic N) is 3. The zero-order chi connectivity index (χ0) is 12.7. The maximum absolute atomic E-state index is 11.4. The number of hydrogen-bond acceptors (Lipinski definition) is 5. The summed E-state index contributed by atoms with van der Waals surface area (Å²) >= 11 is 0. The van der Waals surface area contributed by atoms with Crippen LogP contribution in [0, 0.1) is 6.92 Å². The predicted octanol–water partition coefficient (Wildman–Crippen LogP) is 1.56. The maximum atomic E-state index is 11.4. The van der Waals surface area contributed by atoms with Crippen LogP contribution in [-0.2, 0) is 9.53 Å². The van der Waals surface area contributed by atoms with Crippen molar-refractivity contribution in [3.63, 3.8) is 0 Å². The van der Waals surface area contributed by atoms with E-state index in [2.05, 4.69) is 9.97 Å². The standard InChI is InChI=1S/C12H19N3O2/c1-4-6-15(9-11(16)17-5-2)12-13-7-10(3)8-14-12/h7-8H,4-6,9H2,1-3H3. The van der Waals surface area contributed by atoms with Crippen molar-refractivity contribution in [3.8, 4) is 0 Å². The van der Waals surface area contributed by atoms with E-state index in [0.717, 1.165) is 18.5 Å². The van der Waals surface area contributed by atoms with Gasteiger partial charge in [-0.15, -0.1) is 0 Å². The molecule has 0 radical (unpaired) electrons. The fourth-order valence-electron chi connectivity index (χ4n) is 1.43. The smallest absolute Gasteiger partial charge is 0.325 e. The lowest BCUT2D eigenvalue weighted by Gasteiger charge is -2.20. The quantitative estimate of drug-likeness (QED) is 0.703. The van der Waals surface area contributed by atoms with Gasteiger partial charge in [0.2, 0.25) is 5.95 Å². The Hall–Kier alpha value is -1.65. The van der Waals surface area contributed by atoms with Crippen molar-refractivity contribution in [3.05, 3.63) is 18.0 Å². The molecule has 0 saturated carbocycles. The minimum atomic E-state index is -0.245. The molecular formula is C12H19N3O2. The van der Waals surface area contributed by atoms with E-state index in [9.17, 15) is 4.79 Å². The van der Waals surface area contributed by atoms with Gasteiger partial charge in [-0.3, -0.25) is 4.79 Å². The van der Waals surface area contributed by atoms with E-state index in [4.69, 9.17) is 4.74 Å². The Bertz CT molecular complexity index is 351. The molecule has 0 fully saturated rings. The number of aromatic nitrogens is 2. The molecular weight excluding hydrogens is 218 g/mol. The highest BCUT2D eigenvalue weighted by Gasteiger charge is 2.13. The molecule has 1 heterocycles. The molecule has 0 bridgehead atoms. The number of hydrogen-bond donors (Lipinski definition) is 0. The van der Waals surface area contributed by atoms with Gasteiger partial charge in [0.25, 0.3) is 0 Å². The Kier molecular flexibility index (Phi) is 5.39. The first kappa shape index (κ1) is 13.4. The second-order valence-corrected chi connectivity index (χ2v) is 3.79. The van der Waals surface area contributed by atoms with Gasteiger partial charge in [-0.2, -0.15) is 0 Å². The average Bonchev–Trinajstić information content (AvgIpc) is 2.30. The largest absolute Gasteiger partial charge is 0.465 e. The van der Waals surface area contributed by atoms with Crippen LogP contribution < -0.4 is 4.90 Å². The van der Waals surface area contributed by atoms with E-state index in [0.29, 0.717) is 12.6 Å². The third-order valence-electron chi connectivity index (χ3n) is 2.17. The van der Waals surface area contributed by atoms with Gasteiger partial charge in [0.05, 0.1) is 6.61 Å². The van der Waals surface area contributed by atoms with Crippen molar-refractivity contribution < 1.29 is 9.53 Å². The Morgan fingerprint density at radius 3 is 2.53 bits per heavy atom. The molecule has 0 aromatic carbocycles. The number of esters is 1. The van der Waals surface area contributed by atoms with Crippen molar-refractivity contribution in [2.24, 2.45) is 0 Å². The fourth-order valence-corrected chi connectivity index (χ4v) is 1.43. The lowest BCUT2D eigenvalue weighted by atomic mass is 10.4. The van der Waals surface area contributed by atoms with Gasteiger partial charge in [0, 0.05) is 18.9 Å². The number of aryl methyl sites for hydroxylation is 1. The summed E-state index contributed by atoms with van der Waals surface area (Å²) in [6.07, 6.45) is 4.42. The van der Waals surface area contributed by atoms with Crippen molar-refractivity contribution in [1.82, 2.24) is 9.97 Å². The minimum Gasteiger partial charge on any atom is -0.465 e. The third-order valence-corrected chi connectivity index (χ3v) is 2.17. The molecule has 5 heteroatoms. The predicted molar refractivity (Wildman–Crippen MR) is 65.9 cm³/mol. The lowest BCUT2D eigenvalue weighted by molar-refractivity contribution is -0.141. The summed E-state index contributed by atoms with van der Waals surface area (Å²) in [5.41, 5.74) is 1.00. The monoisotopic (exact) mass is 237 g/mol. The molecule has 0 unspecified atom stereocenters. The van der Waals surface area contributed by atoms with Crippen LogP contribution >= 0.6 is 0 Å². The number of anilines is 1. The molecule has 1 aromatic rings. The molecule has 5 nitrogen and oxygen atoms in total. The van der Waals surface area contributed by atoms with E-state index in [1.165, 1.54) is 0 Å². The van der Waals surface area contributed by atoms with Gasteiger partial charge in [0.1, 0.15) is 6.54 Å². The van der Waals surface area contributed by atoms with Crippen LogP contribution in [0.3, 0.4) is 0 Å². The van der Waals surface area contributed by atoms with E-state index in [-0.39, 0.29) is 12.5 Å². The molecule has 0 amide bonds. The summed E-state index contributed by atoms with van der Waals surface area (Å²) in [6, 6.07) is 0. The van der Waals surface area contributed by atoms with Crippen LogP contribution in [0.4, 0.5) is 5.95 Å². The summed E-state index contributed by atoms with van der Waals surface area (Å²) in [5.74, 6) is 0.329. The Morgan fingerprint density at radius 2 is 2.00 bits per heavy atom. The molecule has 0 aliphatic rings. The molecule has 94 valence electrons. The second-order valence-electron chi connectivity index (χ2n) is 3.79. The highest BCUT2D eigenvalue weighted by molar-refractivity contribution is 5.74. The van der Waals surface area contributed by atoms with Gasteiger partial charge in [-0.25, -0.2) is 9.97 Å². The third kappa shape index (κ3) is 4.38. The van der Waals surface area contributed by atoms with Crippen LogP contribution in [0.15, 0.2) is 12.4 Å². The Labute approximate surface area is 102 Å². The minimum absolute atomic E-state index is 0.199. The average molecular weight is 237 g/mol. The van der Waals surface area contributed by atoms with E-state index in [1.54, 1.807) is 19.3 Å². The number of carbonyl (C=O) groups excluding carboxylic acids is 1. The fraction of sp³-hybridized carbons (Fsp3) is 0.583. The van der Waals surface area contributed by atoms with Crippen LogP contribution in [0.25, 0.3) is 0 Å². The van der Waals surface area contributed by atoms with Crippen molar-refractivity contribution in [2.75, 3.05) is 24.6 Å². The second kappa shape index (κ2) is 6.83. The highest BCUT2D eigenvalue weighted by atomic mass is 16.5. The molecule has 0 spiro atoms. The SMILES string of the molecule is CCCN(CC(=O)OCC)c1ncc(C)cn1. The molecule has 0 N–H and O–H groups in total. The van der Waals surface area contributed by atoms with Crippen LogP contribution in [-0.4, -0.2) is 35.6 Å². The molecule has 1 rings (SSSR count). The van der Waals surface area contributed by atoms with Crippen LogP contribution in [0.2, 0.25) is 0 Å². The summed E-state index contributed by atoms with van der Waals surface area (Å²) in [5, 5.41) is 0. The topological polar surface area (TPSA) is 55.3 Å². The molecule has 0 saturated heterocycles. The highest BCUT2D eigenvalue weighted by Crippen LogP contribution is 2.07. The molecule has 1 aromatic heterocycles. The van der Waals surface area contributed by atoms with Crippen molar-refractivity contribution >= 4 is 11.9 Å². The zero-order valence-electron chi connectivity index (χ0n) is 10.6. The normalized spacial score (nSPS) is 10.1. The van der Waals surface area contributed by atoms with Gasteiger partial charge < -0.3 is 9.64 Å². The van der Waals surface area contributed by atoms with Gasteiger partial charge in [-0.05, 0) is 25.8 Å². The first-order valence-electron chi connectivity index (χ1n) is 5.86. The summed E-state index contributed by atoms with van der Waals surface area (Å²) in [6.45, 7) is 7.11. The maximum Gasteiger partial charge on any atom is 0.325 e. The molecule has 17 heavy (non-hydrogen) atoms. The molecule has 0 atom stereocenters. The molecule has 0 aliphatic carbocycles. The van der Waals surface area contributed by atoms with Gasteiger partial charge in [0.15, 0.2) is 0 Å². The van der Waals surface area contributed by atoms with Gasteiger partial charge in [-0.1, -0.05) is 6.92 Å². The lowest BCUT2D eigenvalue weighted by Crippen LogP contribution is -2.33. The summed E-state index contributed by atoms with van der Waals surface area (Å²) < 4.78 is 4.93. The van der Waals surface area contributed by atoms with E-state index >= 15 is 0 Å². The van der Waals surface area contributed by atoms with Crippen LogP contribution in [0.1, 0.15) is 25.8 Å². The number of carbonyl (C=O) groups is 1. The first-order chi connectivity index (χ1) is 8.17. The van der Waals surface area contributed by atoms with Crippen molar-refractivity contribution in [2.45, 2.75) is 27.2 Å². The molecule has 0 aliphatic heterocycles. The summed E-state index contributed by atoms with van der Waals surface area (Å²) in [4.78, 5) is 21.7. The van der Waals surface area contributed by atoms with E-state index < -0.39 is 0 Å². The van der Waals surface area contributed by atoms with Gasteiger partial charge >= 0.3 is 5.97 Å². The summed E-state index contributed by atoms with van der Waals surface area (Å²) in [7, 11) is 0. The number of rotatable bonds is 6.